The number of rotatable bonds is 8. The summed E-state index contributed by atoms with van der Waals surface area (Å²) in [6.45, 7) is 19.0. The lowest BCUT2D eigenvalue weighted by Crippen LogP contribution is -1.84. The van der Waals surface area contributed by atoms with Gasteiger partial charge in [0.05, 0.1) is 0 Å². The van der Waals surface area contributed by atoms with Gasteiger partial charge in [0.15, 0.2) is 0 Å². The minimum absolute atomic E-state index is 1.04. The molecule has 0 heterocycles. The highest BCUT2D eigenvalue weighted by atomic mass is 14.1. The van der Waals surface area contributed by atoms with E-state index in [1.807, 2.05) is 19.9 Å². The van der Waals surface area contributed by atoms with Crippen molar-refractivity contribution < 1.29 is 0 Å². The Kier molecular flexibility index (Phi) is 21.3. The molecule has 82 heavy (non-hydrogen) atoms. The largest absolute Gasteiger partial charge is 0.0799 e. The first kappa shape index (κ1) is 58.8. The summed E-state index contributed by atoms with van der Waals surface area (Å²) in [4.78, 5) is 0. The molecule has 0 nitrogen and oxygen atoms in total. The molecule has 0 unspecified atom stereocenters. The van der Waals surface area contributed by atoms with Crippen molar-refractivity contribution in [1.29, 1.82) is 0 Å². The second-order valence-electron chi connectivity index (χ2n) is 21.1. The summed E-state index contributed by atoms with van der Waals surface area (Å²) in [7, 11) is 0. The summed E-state index contributed by atoms with van der Waals surface area (Å²) < 4.78 is 0. The van der Waals surface area contributed by atoms with E-state index in [9.17, 15) is 0 Å². The zero-order valence-corrected chi connectivity index (χ0v) is 49.5. The molecule has 1 aliphatic rings. The van der Waals surface area contributed by atoms with E-state index in [1.54, 1.807) is 0 Å². The van der Waals surface area contributed by atoms with Gasteiger partial charge < -0.3 is 0 Å². The Hall–Kier alpha value is -9.36. The molecule has 0 saturated heterocycles. The maximum atomic E-state index is 2.28. The number of hydrogen-bond donors (Lipinski definition) is 0. The summed E-state index contributed by atoms with van der Waals surface area (Å²) in [5, 5.41) is 0. The average molecular weight is 1060 g/mol. The number of hydrogen-bond acceptors (Lipinski definition) is 0. The van der Waals surface area contributed by atoms with Crippen LogP contribution in [0.15, 0.2) is 303 Å². The van der Waals surface area contributed by atoms with Gasteiger partial charge in [-0.2, -0.15) is 0 Å². The van der Waals surface area contributed by atoms with Gasteiger partial charge in [0.1, 0.15) is 0 Å². The van der Waals surface area contributed by atoms with Crippen molar-refractivity contribution in [3.05, 3.63) is 342 Å². The zero-order valence-electron chi connectivity index (χ0n) is 49.5. The Balaban J connectivity index is 0.000000142. The van der Waals surface area contributed by atoms with E-state index in [0.717, 1.165) is 6.42 Å². The van der Waals surface area contributed by atoms with Gasteiger partial charge in [0.2, 0.25) is 0 Å². The quantitative estimate of drug-likeness (QED) is 0.142. The van der Waals surface area contributed by atoms with E-state index in [4.69, 9.17) is 0 Å². The Bertz CT molecular complexity index is 3820. The molecule has 0 fully saturated rings. The van der Waals surface area contributed by atoms with Crippen LogP contribution in [0.5, 0.6) is 0 Å². The Labute approximate surface area is 491 Å². The Morgan fingerprint density at radius 1 is 0.232 bits per heavy atom. The highest BCUT2D eigenvalue weighted by molar-refractivity contribution is 5.80. The van der Waals surface area contributed by atoms with Gasteiger partial charge in [0, 0.05) is 0 Å². The van der Waals surface area contributed by atoms with Crippen LogP contribution in [0.2, 0.25) is 0 Å². The van der Waals surface area contributed by atoms with Gasteiger partial charge in [-0.15, -0.1) is 0 Å². The zero-order chi connectivity index (χ0) is 57.6. The predicted molar refractivity (Wildman–Crippen MR) is 359 cm³/mol. The Morgan fingerprint density at radius 3 is 0.988 bits per heavy atom. The lowest BCUT2D eigenvalue weighted by Gasteiger charge is -2.08. The molecule has 0 aromatic heterocycles. The molecule has 0 bridgehead atoms. The van der Waals surface area contributed by atoms with Crippen LogP contribution in [0.1, 0.15) is 66.1 Å². The first-order valence-corrected chi connectivity index (χ1v) is 28.9. The van der Waals surface area contributed by atoms with Crippen LogP contribution in [0.4, 0.5) is 0 Å². The minimum atomic E-state index is 1.04. The summed E-state index contributed by atoms with van der Waals surface area (Å²) in [6.07, 6.45) is 9.94. The standard InChI is InChI=1S/C21H20.2C20H18.C19H16.C2H6/c1-16-6-3-8-18(13-12-16)20-10-5-11-21(15-20)19-9-4-7-17(2)14-19;1-15-5-3-7-19(13-15)17-9-11-18(12-10-17)20-8-4-6-16(2)14-20;1-15-6-5-8-19(14-15)17-10-12-18(13-11-17)20-9-4-3-7-16(20)2;1-15-10-12-17(13-11-15)19-9-5-8-18(14-19)16-6-3-2-4-7-16;1-2/h3-5,7-15H,6H2,1-2H3;2*3-14H,1-2H3;2-14H,1H3;1-2H3. The fourth-order valence-electron chi connectivity index (χ4n) is 9.95. The molecule has 0 radical (unpaired) electrons. The van der Waals surface area contributed by atoms with Crippen molar-refractivity contribution in [2.75, 3.05) is 0 Å². The lowest BCUT2D eigenvalue weighted by atomic mass is 9.97. The number of benzene rings is 11. The van der Waals surface area contributed by atoms with Crippen LogP contribution in [0.25, 0.3) is 83.5 Å². The van der Waals surface area contributed by atoms with E-state index in [-0.39, 0.29) is 0 Å². The molecule has 0 N–H and O–H groups in total. The predicted octanol–water partition coefficient (Wildman–Crippen LogP) is 23.6. The molecule has 406 valence electrons. The molecule has 0 saturated carbocycles. The number of aryl methyl sites for hydroxylation is 6. The van der Waals surface area contributed by atoms with Crippen LogP contribution in [-0.4, -0.2) is 0 Å². The maximum Gasteiger partial charge on any atom is -0.0135 e. The highest BCUT2D eigenvalue weighted by Gasteiger charge is 2.07. The summed E-state index contributed by atoms with van der Waals surface area (Å²) in [5.41, 5.74) is 29.6. The fraction of sp³-hybridized carbons (Fsp3) is 0.122. The third-order valence-corrected chi connectivity index (χ3v) is 14.5. The first-order chi connectivity index (χ1) is 40.0. The van der Waals surface area contributed by atoms with E-state index in [2.05, 4.69) is 340 Å². The molecule has 11 aromatic rings. The van der Waals surface area contributed by atoms with Gasteiger partial charge in [0.25, 0.3) is 0 Å². The SMILES string of the molecule is CC.CC1=CC=C(c2cccc(-c3cccc(C)c3)c2)C=CC1.Cc1ccc(-c2cccc(-c3ccccc3)c2)cc1.Cc1cccc(-c2ccc(-c3cccc(C)c3)cc2)c1.Cc1cccc(-c2ccc(-c3ccccc3C)cc2)c1. The van der Waals surface area contributed by atoms with Crippen LogP contribution in [0, 0.1) is 41.5 Å². The molecule has 0 aliphatic heterocycles. The lowest BCUT2D eigenvalue weighted by molar-refractivity contribution is 1.22. The smallest absolute Gasteiger partial charge is 0.0135 e. The van der Waals surface area contributed by atoms with Gasteiger partial charge in [-0.05, 0) is 162 Å². The fourth-order valence-corrected chi connectivity index (χ4v) is 9.95. The van der Waals surface area contributed by atoms with Crippen molar-refractivity contribution in [3.8, 4) is 77.9 Å². The monoisotopic (exact) mass is 1060 g/mol. The second-order valence-corrected chi connectivity index (χ2v) is 21.1. The Morgan fingerprint density at radius 2 is 0.549 bits per heavy atom. The van der Waals surface area contributed by atoms with E-state index >= 15 is 0 Å². The molecular formula is C82H78. The third kappa shape index (κ3) is 16.8. The van der Waals surface area contributed by atoms with E-state index in [0.29, 0.717) is 0 Å². The topological polar surface area (TPSA) is 0 Å². The van der Waals surface area contributed by atoms with E-state index < -0.39 is 0 Å². The second kappa shape index (κ2) is 29.7. The van der Waals surface area contributed by atoms with Crippen molar-refractivity contribution in [2.24, 2.45) is 0 Å². The molecule has 0 heteroatoms. The maximum absolute atomic E-state index is 2.28. The molecule has 1 aliphatic carbocycles. The van der Waals surface area contributed by atoms with Crippen LogP contribution >= 0.6 is 0 Å². The van der Waals surface area contributed by atoms with Gasteiger partial charge in [-0.1, -0.05) is 332 Å². The third-order valence-electron chi connectivity index (χ3n) is 14.5. The van der Waals surface area contributed by atoms with Gasteiger partial charge in [-0.25, -0.2) is 0 Å². The van der Waals surface area contributed by atoms with Crippen molar-refractivity contribution in [1.82, 2.24) is 0 Å². The van der Waals surface area contributed by atoms with Crippen molar-refractivity contribution >= 4 is 5.57 Å². The first-order valence-electron chi connectivity index (χ1n) is 28.9. The van der Waals surface area contributed by atoms with E-state index in [1.165, 1.54) is 128 Å². The normalized spacial score (nSPS) is 11.3. The van der Waals surface area contributed by atoms with Gasteiger partial charge in [-0.3, -0.25) is 0 Å². The molecule has 12 rings (SSSR count). The molecule has 11 aromatic carbocycles. The minimum Gasteiger partial charge on any atom is -0.0799 e. The summed E-state index contributed by atoms with van der Waals surface area (Å²) >= 11 is 0. The molecular weight excluding hydrogens is 985 g/mol. The molecule has 0 atom stereocenters. The average Bonchev–Trinajstić information content (AvgIpc) is 3.81. The summed E-state index contributed by atoms with van der Waals surface area (Å²) in [6, 6.07) is 97.3. The van der Waals surface area contributed by atoms with Crippen LogP contribution in [0.3, 0.4) is 0 Å². The van der Waals surface area contributed by atoms with Crippen molar-refractivity contribution in [3.63, 3.8) is 0 Å². The van der Waals surface area contributed by atoms with Crippen LogP contribution in [-0.2, 0) is 0 Å². The molecule has 0 amide bonds. The van der Waals surface area contributed by atoms with Crippen molar-refractivity contribution in [2.45, 2.75) is 68.7 Å². The van der Waals surface area contributed by atoms with Crippen LogP contribution < -0.4 is 0 Å². The highest BCUT2D eigenvalue weighted by Crippen LogP contribution is 2.31. The van der Waals surface area contributed by atoms with Gasteiger partial charge >= 0.3 is 0 Å². The molecule has 0 spiro atoms. The number of allylic oxidation sites excluding steroid dienone is 6. The summed E-state index contributed by atoms with van der Waals surface area (Å²) in [5.74, 6) is 0.